The van der Waals surface area contributed by atoms with Crippen LogP contribution in [0.1, 0.15) is 52.4 Å². The van der Waals surface area contributed by atoms with E-state index < -0.39 is 0 Å². The number of nitrogens with one attached hydrogen (secondary N) is 2. The number of nitrogens with zero attached hydrogens (tertiary/aromatic N) is 3. The summed E-state index contributed by atoms with van der Waals surface area (Å²) < 4.78 is 1.67. The Kier molecular flexibility index (Phi) is 4.82. The van der Waals surface area contributed by atoms with Gasteiger partial charge >= 0.3 is 0 Å². The normalized spacial score (nSPS) is 14.4. The van der Waals surface area contributed by atoms with Gasteiger partial charge in [-0.1, -0.05) is 18.9 Å². The smallest absolute Gasteiger partial charge is 0.287 e. The van der Waals surface area contributed by atoms with Gasteiger partial charge in [0.05, 0.1) is 5.52 Å². The Hall–Kier alpha value is -3.22. The lowest BCUT2D eigenvalue weighted by atomic mass is 10.2. The molecule has 4 rings (SSSR count). The van der Waals surface area contributed by atoms with Crippen LogP contribution in [0.4, 0.5) is 0 Å². The van der Waals surface area contributed by atoms with E-state index in [1.807, 2.05) is 24.3 Å². The van der Waals surface area contributed by atoms with Crippen LogP contribution < -0.4 is 10.6 Å². The molecule has 1 saturated carbocycles. The van der Waals surface area contributed by atoms with Crippen molar-refractivity contribution in [1.29, 1.82) is 0 Å². The molecule has 2 N–H and O–H groups in total. The van der Waals surface area contributed by atoms with Gasteiger partial charge in [0.1, 0.15) is 0 Å². The average Bonchev–Trinajstić information content (AvgIpc) is 3.34. The minimum Gasteiger partial charge on any atom is -0.347 e. The second kappa shape index (κ2) is 7.57. The zero-order valence-corrected chi connectivity index (χ0v) is 14.9. The summed E-state index contributed by atoms with van der Waals surface area (Å²) in [4.78, 5) is 33.7. The van der Waals surface area contributed by atoms with Gasteiger partial charge in [-0.2, -0.15) is 0 Å². The largest absolute Gasteiger partial charge is 0.347 e. The van der Waals surface area contributed by atoms with Crippen LogP contribution in [0, 0.1) is 0 Å². The highest BCUT2D eigenvalue weighted by molar-refractivity contribution is 6.02. The van der Waals surface area contributed by atoms with Crippen molar-refractivity contribution >= 4 is 17.3 Å². The molecule has 138 valence electrons. The van der Waals surface area contributed by atoms with E-state index in [1.165, 1.54) is 0 Å². The van der Waals surface area contributed by atoms with E-state index in [1.54, 1.807) is 29.1 Å². The molecule has 0 unspecified atom stereocenters. The highest BCUT2D eigenvalue weighted by Gasteiger charge is 2.24. The van der Waals surface area contributed by atoms with Crippen molar-refractivity contribution in [3.8, 4) is 0 Å². The first kappa shape index (κ1) is 17.2. The first-order valence-electron chi connectivity index (χ1n) is 9.17. The van der Waals surface area contributed by atoms with Gasteiger partial charge in [-0.3, -0.25) is 19.0 Å². The fourth-order valence-corrected chi connectivity index (χ4v) is 3.45. The third kappa shape index (κ3) is 3.67. The molecule has 27 heavy (non-hydrogen) atoms. The van der Waals surface area contributed by atoms with Crippen LogP contribution in [0.2, 0.25) is 0 Å². The number of rotatable bonds is 5. The molecule has 0 spiro atoms. The molecule has 1 fully saturated rings. The number of hydrogen-bond donors (Lipinski definition) is 2. The van der Waals surface area contributed by atoms with Crippen molar-refractivity contribution < 1.29 is 9.59 Å². The summed E-state index contributed by atoms with van der Waals surface area (Å²) in [6, 6.07) is 9.31. The van der Waals surface area contributed by atoms with Gasteiger partial charge in [-0.05, 0) is 42.7 Å². The number of carbonyl (C=O) groups excluding carboxylic acids is 2. The van der Waals surface area contributed by atoms with Crippen molar-refractivity contribution in [3.05, 3.63) is 66.0 Å². The van der Waals surface area contributed by atoms with Gasteiger partial charge < -0.3 is 10.6 Å². The molecule has 1 aliphatic rings. The first-order chi connectivity index (χ1) is 13.2. The quantitative estimate of drug-likeness (QED) is 0.728. The minimum atomic E-state index is -0.310. The van der Waals surface area contributed by atoms with E-state index in [0.29, 0.717) is 12.1 Å². The number of imidazole rings is 1. The molecule has 3 heterocycles. The van der Waals surface area contributed by atoms with Gasteiger partial charge in [0.2, 0.25) is 5.82 Å². The monoisotopic (exact) mass is 363 g/mol. The van der Waals surface area contributed by atoms with Gasteiger partial charge in [-0.15, -0.1) is 0 Å². The highest BCUT2D eigenvalue weighted by Crippen LogP contribution is 2.19. The molecule has 0 aromatic carbocycles. The molecule has 3 aromatic rings. The fraction of sp³-hybridized carbons (Fsp3) is 0.300. The fourth-order valence-electron chi connectivity index (χ4n) is 3.45. The molecular weight excluding hydrogens is 342 g/mol. The van der Waals surface area contributed by atoms with Crippen LogP contribution in [-0.4, -0.2) is 32.2 Å². The third-order valence-electron chi connectivity index (χ3n) is 4.86. The number of fused-ring (bicyclic) bond motifs is 1. The number of aromatic nitrogens is 3. The number of pyridine rings is 2. The van der Waals surface area contributed by atoms with Crippen LogP contribution >= 0.6 is 0 Å². The summed E-state index contributed by atoms with van der Waals surface area (Å²) in [7, 11) is 0. The van der Waals surface area contributed by atoms with Gasteiger partial charge in [0, 0.05) is 31.2 Å². The highest BCUT2D eigenvalue weighted by atomic mass is 16.2. The van der Waals surface area contributed by atoms with E-state index in [0.717, 1.165) is 31.2 Å². The van der Waals surface area contributed by atoms with Crippen molar-refractivity contribution in [2.75, 3.05) is 0 Å². The molecule has 0 saturated heterocycles. The number of carbonyl (C=O) groups is 2. The Morgan fingerprint density at radius 3 is 2.63 bits per heavy atom. The third-order valence-corrected chi connectivity index (χ3v) is 4.86. The van der Waals surface area contributed by atoms with Gasteiger partial charge in [0.15, 0.2) is 5.69 Å². The molecule has 0 radical (unpaired) electrons. The summed E-state index contributed by atoms with van der Waals surface area (Å²) in [6.07, 6.45) is 9.37. The van der Waals surface area contributed by atoms with Crippen LogP contribution in [-0.2, 0) is 6.54 Å². The lowest BCUT2D eigenvalue weighted by Gasteiger charge is -2.10. The number of amides is 2. The molecule has 1 aliphatic carbocycles. The zero-order chi connectivity index (χ0) is 18.6. The second-order valence-corrected chi connectivity index (χ2v) is 6.73. The Morgan fingerprint density at radius 1 is 1.07 bits per heavy atom. The predicted octanol–water partition coefficient (Wildman–Crippen LogP) is 2.33. The summed E-state index contributed by atoms with van der Waals surface area (Å²) in [5, 5.41) is 5.89. The topological polar surface area (TPSA) is 88.4 Å². The van der Waals surface area contributed by atoms with Crippen molar-refractivity contribution in [2.45, 2.75) is 38.3 Å². The average molecular weight is 363 g/mol. The summed E-state index contributed by atoms with van der Waals surface area (Å²) in [5.41, 5.74) is 1.81. The van der Waals surface area contributed by atoms with E-state index >= 15 is 0 Å². The first-order valence-corrected chi connectivity index (χ1v) is 9.17. The van der Waals surface area contributed by atoms with Crippen LogP contribution in [0.25, 0.3) is 5.52 Å². The molecule has 7 nitrogen and oxygen atoms in total. The maximum atomic E-state index is 12.7. The van der Waals surface area contributed by atoms with Crippen molar-refractivity contribution in [3.63, 3.8) is 0 Å². The molecule has 0 bridgehead atoms. The summed E-state index contributed by atoms with van der Waals surface area (Å²) in [6.45, 7) is 0.372. The summed E-state index contributed by atoms with van der Waals surface area (Å²) >= 11 is 0. The predicted molar refractivity (Wildman–Crippen MR) is 100 cm³/mol. The van der Waals surface area contributed by atoms with Crippen LogP contribution in [0.3, 0.4) is 0 Å². The molecule has 7 heteroatoms. The molecule has 0 atom stereocenters. The SMILES string of the molecule is O=C(NCc1ccncc1)c1nc(C(=O)NC2CCCC2)n2ccccc12. The van der Waals surface area contributed by atoms with Crippen molar-refractivity contribution in [2.24, 2.45) is 0 Å². The van der Waals surface area contributed by atoms with Gasteiger partial charge in [0.25, 0.3) is 11.8 Å². The Balaban J connectivity index is 1.57. The number of hydrogen-bond acceptors (Lipinski definition) is 4. The molecule has 0 aliphatic heterocycles. The lowest BCUT2D eigenvalue weighted by Crippen LogP contribution is -2.34. The zero-order valence-electron chi connectivity index (χ0n) is 14.9. The second-order valence-electron chi connectivity index (χ2n) is 6.73. The van der Waals surface area contributed by atoms with Crippen LogP contribution in [0.15, 0.2) is 48.9 Å². The van der Waals surface area contributed by atoms with E-state index in [2.05, 4.69) is 20.6 Å². The van der Waals surface area contributed by atoms with E-state index in [9.17, 15) is 9.59 Å². The van der Waals surface area contributed by atoms with E-state index in [-0.39, 0.29) is 29.4 Å². The Bertz CT molecular complexity index is 961. The van der Waals surface area contributed by atoms with Gasteiger partial charge in [-0.25, -0.2) is 4.98 Å². The van der Waals surface area contributed by atoms with Crippen molar-refractivity contribution in [1.82, 2.24) is 25.0 Å². The lowest BCUT2D eigenvalue weighted by molar-refractivity contribution is 0.0926. The minimum absolute atomic E-state index is 0.192. The Labute approximate surface area is 156 Å². The van der Waals surface area contributed by atoms with E-state index in [4.69, 9.17) is 0 Å². The maximum absolute atomic E-state index is 12.7. The molecule has 3 aromatic heterocycles. The molecular formula is C20H21N5O2. The molecule has 2 amide bonds. The summed E-state index contributed by atoms with van der Waals surface area (Å²) in [5.74, 6) is -0.307. The standard InChI is InChI=1S/C20H21N5O2/c26-19(22-13-14-8-10-21-11-9-14)17-16-7-3-4-12-25(16)18(24-17)20(27)23-15-5-1-2-6-15/h3-4,7-12,15H,1-2,5-6,13H2,(H,22,26)(H,23,27). The maximum Gasteiger partial charge on any atom is 0.287 e. The Morgan fingerprint density at radius 2 is 1.85 bits per heavy atom. The van der Waals surface area contributed by atoms with Crippen LogP contribution in [0.5, 0.6) is 0 Å².